The molecule has 0 spiro atoms. The van der Waals surface area contributed by atoms with Crippen molar-refractivity contribution >= 4 is 31.2 Å². The van der Waals surface area contributed by atoms with Gasteiger partial charge in [0.2, 0.25) is 0 Å². The molecule has 2 nitrogen and oxygen atoms in total. The van der Waals surface area contributed by atoms with E-state index in [1.165, 1.54) is 7.11 Å². The topological polar surface area (TPSA) is 26.3 Å². The first-order chi connectivity index (χ1) is 5.65. The second-order valence-corrected chi connectivity index (χ2v) is 3.16. The predicted octanol–water partition coefficient (Wildman–Crippen LogP) is 2.05. The van der Waals surface area contributed by atoms with E-state index in [0.29, 0.717) is 10.5 Å². The van der Waals surface area contributed by atoms with Gasteiger partial charge in [-0.2, -0.15) is 0 Å². The van der Waals surface area contributed by atoms with E-state index in [4.69, 9.17) is 0 Å². The van der Waals surface area contributed by atoms with Crippen molar-refractivity contribution in [2.24, 2.45) is 0 Å². The van der Waals surface area contributed by atoms with Crippen LogP contribution in [-0.4, -0.2) is 13.1 Å². The first-order valence-electron chi connectivity index (χ1n) is 3.25. The van der Waals surface area contributed by atoms with Crippen LogP contribution in [0.3, 0.4) is 0 Å². The van der Waals surface area contributed by atoms with E-state index in [1.807, 2.05) is 0 Å². The molecule has 0 saturated heterocycles. The van der Waals surface area contributed by atoms with Gasteiger partial charge in [0.25, 0.3) is 0 Å². The maximum Gasteiger partial charge on any atom is 0.337 e. The van der Waals surface area contributed by atoms with E-state index in [-0.39, 0.29) is 5.97 Å². The van der Waals surface area contributed by atoms with Gasteiger partial charge in [-0.3, -0.25) is 0 Å². The van der Waals surface area contributed by atoms with Crippen molar-refractivity contribution in [3.63, 3.8) is 0 Å². The van der Waals surface area contributed by atoms with Gasteiger partial charge in [0.1, 0.15) is 0 Å². The van der Waals surface area contributed by atoms with Crippen LogP contribution < -0.4 is 0 Å². The molecule has 0 saturated carbocycles. The second-order valence-electron chi connectivity index (χ2n) is 2.20. The van der Waals surface area contributed by atoms with E-state index in [9.17, 15) is 4.79 Å². The minimum atomic E-state index is -0.362. The Morgan fingerprint density at radius 2 is 2.00 bits per heavy atom. The molecule has 0 bridgehead atoms. The molecule has 1 rings (SSSR count). The summed E-state index contributed by atoms with van der Waals surface area (Å²) in [5.41, 5.74) is 0.486. The highest BCUT2D eigenvalue weighted by Gasteiger charge is 2.05. The summed E-state index contributed by atoms with van der Waals surface area (Å²) in [7, 11) is 1.34. The molecule has 0 radical (unpaired) electrons. The molecule has 64 valence electrons. The Labute approximate surface area is 81.7 Å². The SMILES string of the molecule is COC(=O)c1ccc(S)c(S)c1. The molecule has 0 aliphatic heterocycles. The van der Waals surface area contributed by atoms with E-state index < -0.39 is 0 Å². The molecule has 0 aliphatic carbocycles. The molecule has 0 N–H and O–H groups in total. The highest BCUT2D eigenvalue weighted by molar-refractivity contribution is 7.83. The number of hydrogen-bond acceptors (Lipinski definition) is 4. The van der Waals surface area contributed by atoms with Gasteiger partial charge in [-0.05, 0) is 18.2 Å². The number of methoxy groups -OCH3 is 1. The van der Waals surface area contributed by atoms with E-state index in [1.54, 1.807) is 18.2 Å². The molecule has 12 heavy (non-hydrogen) atoms. The Morgan fingerprint density at radius 1 is 1.33 bits per heavy atom. The fourth-order valence-electron chi connectivity index (χ4n) is 0.768. The van der Waals surface area contributed by atoms with Crippen molar-refractivity contribution < 1.29 is 9.53 Å². The summed E-state index contributed by atoms with van der Waals surface area (Å²) in [6, 6.07) is 4.98. The molecule has 1 aromatic carbocycles. The zero-order valence-corrected chi connectivity index (χ0v) is 8.23. The van der Waals surface area contributed by atoms with Crippen LogP contribution >= 0.6 is 25.3 Å². The zero-order valence-electron chi connectivity index (χ0n) is 6.44. The maximum absolute atomic E-state index is 11.0. The Kier molecular flexibility index (Phi) is 3.05. The van der Waals surface area contributed by atoms with Crippen molar-refractivity contribution in [1.29, 1.82) is 0 Å². The molecule has 0 fully saturated rings. The average molecular weight is 200 g/mol. The summed E-state index contributed by atoms with van der Waals surface area (Å²) >= 11 is 8.23. The molecule has 4 heteroatoms. The summed E-state index contributed by atoms with van der Waals surface area (Å²) < 4.78 is 4.53. The number of carbonyl (C=O) groups excluding carboxylic acids is 1. The van der Waals surface area contributed by atoms with Gasteiger partial charge in [-0.15, -0.1) is 25.3 Å². The summed E-state index contributed by atoms with van der Waals surface area (Å²) in [5.74, 6) is -0.362. The lowest BCUT2D eigenvalue weighted by Crippen LogP contribution is -2.00. The first-order valence-corrected chi connectivity index (χ1v) is 4.15. The third kappa shape index (κ3) is 1.95. The third-order valence-corrected chi connectivity index (χ3v) is 2.33. The smallest absolute Gasteiger partial charge is 0.337 e. The van der Waals surface area contributed by atoms with Crippen LogP contribution in [0.2, 0.25) is 0 Å². The standard InChI is InChI=1S/C8H8O2S2/c1-10-8(9)5-2-3-6(11)7(12)4-5/h2-4,11-12H,1H3. The molecule has 1 aromatic rings. The van der Waals surface area contributed by atoms with Crippen LogP contribution in [0.15, 0.2) is 28.0 Å². The lowest BCUT2D eigenvalue weighted by Gasteiger charge is -2.01. The molecule has 0 unspecified atom stereocenters. The van der Waals surface area contributed by atoms with Crippen LogP contribution in [0.4, 0.5) is 0 Å². The minimum Gasteiger partial charge on any atom is -0.465 e. The molecule has 0 atom stereocenters. The summed E-state index contributed by atoms with van der Waals surface area (Å²) in [6.45, 7) is 0. The predicted molar refractivity (Wildman–Crippen MR) is 52.3 cm³/mol. The second kappa shape index (κ2) is 3.87. The largest absolute Gasteiger partial charge is 0.465 e. The van der Waals surface area contributed by atoms with Gasteiger partial charge >= 0.3 is 5.97 Å². The fourth-order valence-corrected chi connectivity index (χ4v) is 1.12. The summed E-state index contributed by atoms with van der Waals surface area (Å²) in [4.78, 5) is 12.4. The van der Waals surface area contributed by atoms with E-state index in [2.05, 4.69) is 30.0 Å². The monoisotopic (exact) mass is 200 g/mol. The normalized spacial score (nSPS) is 9.58. The molecule has 0 heterocycles. The van der Waals surface area contributed by atoms with Crippen LogP contribution in [0.5, 0.6) is 0 Å². The zero-order chi connectivity index (χ0) is 9.14. The Morgan fingerprint density at radius 3 is 2.50 bits per heavy atom. The third-order valence-electron chi connectivity index (χ3n) is 1.40. The molecular formula is C8H8O2S2. The van der Waals surface area contributed by atoms with Crippen molar-refractivity contribution in [1.82, 2.24) is 0 Å². The van der Waals surface area contributed by atoms with Gasteiger partial charge in [0, 0.05) is 9.79 Å². The van der Waals surface area contributed by atoms with Crippen molar-refractivity contribution in [2.75, 3.05) is 7.11 Å². The van der Waals surface area contributed by atoms with Gasteiger partial charge in [0.15, 0.2) is 0 Å². The molecule has 0 amide bonds. The van der Waals surface area contributed by atoms with Gasteiger partial charge in [0.05, 0.1) is 12.7 Å². The van der Waals surface area contributed by atoms with Crippen molar-refractivity contribution in [3.8, 4) is 0 Å². The van der Waals surface area contributed by atoms with E-state index in [0.717, 1.165) is 4.90 Å². The van der Waals surface area contributed by atoms with Crippen LogP contribution in [0.25, 0.3) is 0 Å². The van der Waals surface area contributed by atoms with Crippen LogP contribution in [0.1, 0.15) is 10.4 Å². The van der Waals surface area contributed by atoms with Crippen molar-refractivity contribution in [3.05, 3.63) is 23.8 Å². The molecule has 0 aliphatic rings. The number of esters is 1. The minimum absolute atomic E-state index is 0.362. The first kappa shape index (κ1) is 9.48. The number of hydrogen-bond donors (Lipinski definition) is 2. The summed E-state index contributed by atoms with van der Waals surface area (Å²) in [6.07, 6.45) is 0. The lowest BCUT2D eigenvalue weighted by molar-refractivity contribution is 0.0600. The lowest BCUT2D eigenvalue weighted by atomic mass is 10.2. The Balaban J connectivity index is 3.05. The highest BCUT2D eigenvalue weighted by Crippen LogP contribution is 2.19. The quantitative estimate of drug-likeness (QED) is 0.536. The van der Waals surface area contributed by atoms with Crippen molar-refractivity contribution in [2.45, 2.75) is 9.79 Å². The van der Waals surface area contributed by atoms with Gasteiger partial charge in [-0.1, -0.05) is 0 Å². The number of benzene rings is 1. The summed E-state index contributed by atoms with van der Waals surface area (Å²) in [5, 5.41) is 0. The van der Waals surface area contributed by atoms with Gasteiger partial charge < -0.3 is 4.74 Å². The van der Waals surface area contributed by atoms with Crippen LogP contribution in [-0.2, 0) is 4.74 Å². The average Bonchev–Trinajstić information content (AvgIpc) is 2.08. The molecular weight excluding hydrogens is 192 g/mol. The fraction of sp³-hybridized carbons (Fsp3) is 0.125. The number of carbonyl (C=O) groups is 1. The van der Waals surface area contributed by atoms with Crippen LogP contribution in [0, 0.1) is 0 Å². The number of ether oxygens (including phenoxy) is 1. The van der Waals surface area contributed by atoms with E-state index >= 15 is 0 Å². The maximum atomic E-state index is 11.0. The number of rotatable bonds is 1. The Bertz CT molecular complexity index is 310. The highest BCUT2D eigenvalue weighted by atomic mass is 32.1. The van der Waals surface area contributed by atoms with Gasteiger partial charge in [-0.25, -0.2) is 4.79 Å². The molecule has 0 aromatic heterocycles. The number of thiol groups is 2. The Hall–Kier alpha value is -0.610.